The van der Waals surface area contributed by atoms with Crippen molar-refractivity contribution >= 4 is 6.03 Å². The van der Waals surface area contributed by atoms with Crippen molar-refractivity contribution in [3.8, 4) is 5.75 Å². The third kappa shape index (κ3) is 4.29. The maximum atomic E-state index is 12.2. The van der Waals surface area contributed by atoms with Gasteiger partial charge in [0.2, 0.25) is 0 Å². The molecule has 0 bridgehead atoms. The molecule has 6 nitrogen and oxygen atoms in total. The fraction of sp³-hybridized carbons (Fsp3) is 0.389. The molecule has 2 atom stereocenters. The van der Waals surface area contributed by atoms with E-state index in [-0.39, 0.29) is 18.6 Å². The Morgan fingerprint density at radius 2 is 2.08 bits per heavy atom. The van der Waals surface area contributed by atoms with Crippen molar-refractivity contribution in [3.63, 3.8) is 0 Å². The number of furan rings is 1. The van der Waals surface area contributed by atoms with Crippen LogP contribution in [0.4, 0.5) is 4.79 Å². The number of urea groups is 1. The van der Waals surface area contributed by atoms with Crippen LogP contribution in [0.25, 0.3) is 0 Å². The molecule has 2 amide bonds. The summed E-state index contributed by atoms with van der Waals surface area (Å²) in [5, 5.41) is 15.9. The van der Waals surface area contributed by atoms with E-state index in [1.807, 2.05) is 31.2 Å². The summed E-state index contributed by atoms with van der Waals surface area (Å²) in [6.07, 6.45) is 2.20. The Balaban J connectivity index is 1.97. The monoisotopic (exact) mass is 332 g/mol. The van der Waals surface area contributed by atoms with Crippen LogP contribution in [0, 0.1) is 0 Å². The van der Waals surface area contributed by atoms with Crippen LogP contribution in [0.5, 0.6) is 5.75 Å². The Kier molecular flexibility index (Phi) is 5.87. The number of rotatable bonds is 7. The van der Waals surface area contributed by atoms with Gasteiger partial charge in [0.05, 0.1) is 26.0 Å². The summed E-state index contributed by atoms with van der Waals surface area (Å²) in [4.78, 5) is 12.2. The van der Waals surface area contributed by atoms with Crippen molar-refractivity contribution in [2.24, 2.45) is 0 Å². The van der Waals surface area contributed by atoms with Gasteiger partial charge in [-0.1, -0.05) is 25.1 Å². The molecule has 0 fully saturated rings. The number of benzene rings is 1. The molecule has 2 aromatic rings. The van der Waals surface area contributed by atoms with Gasteiger partial charge in [-0.2, -0.15) is 0 Å². The van der Waals surface area contributed by atoms with Gasteiger partial charge in [0.15, 0.2) is 0 Å². The van der Waals surface area contributed by atoms with E-state index in [2.05, 4.69) is 10.6 Å². The first-order valence-electron chi connectivity index (χ1n) is 7.91. The number of methoxy groups -OCH3 is 1. The molecule has 3 N–H and O–H groups in total. The first kappa shape index (κ1) is 17.9. The third-order valence-corrected chi connectivity index (χ3v) is 3.87. The molecule has 24 heavy (non-hydrogen) atoms. The van der Waals surface area contributed by atoms with E-state index in [9.17, 15) is 9.90 Å². The fourth-order valence-electron chi connectivity index (χ4n) is 2.49. The Labute approximate surface area is 141 Å². The Bertz CT molecular complexity index is 653. The number of amides is 2. The predicted octanol–water partition coefficient (Wildman–Crippen LogP) is 2.95. The van der Waals surface area contributed by atoms with Crippen LogP contribution in [0.2, 0.25) is 0 Å². The molecule has 0 saturated carbocycles. The standard InChI is InChI=1S/C18H24N2O4/c1-4-14(13-8-5-6-9-15(13)23-3)20-17(21)19-12-18(2,22)16-10-7-11-24-16/h5-11,14,22H,4,12H2,1-3H3,(H2,19,20,21)/t14-,18-/m1/s1. The van der Waals surface area contributed by atoms with Gasteiger partial charge in [-0.15, -0.1) is 0 Å². The van der Waals surface area contributed by atoms with Crippen LogP contribution >= 0.6 is 0 Å². The van der Waals surface area contributed by atoms with Crippen LogP contribution < -0.4 is 15.4 Å². The average molecular weight is 332 g/mol. The van der Waals surface area contributed by atoms with Crippen LogP contribution in [0.3, 0.4) is 0 Å². The molecule has 1 aromatic heterocycles. The summed E-state index contributed by atoms with van der Waals surface area (Å²) < 4.78 is 10.5. The molecule has 130 valence electrons. The van der Waals surface area contributed by atoms with Crippen LogP contribution in [0.1, 0.15) is 37.6 Å². The SMILES string of the molecule is CC[C@@H](NC(=O)NC[C@@](C)(O)c1ccco1)c1ccccc1OC. The van der Waals surface area contributed by atoms with E-state index >= 15 is 0 Å². The lowest BCUT2D eigenvalue weighted by atomic mass is 10.0. The van der Waals surface area contributed by atoms with Crippen molar-refractivity contribution in [3.05, 3.63) is 54.0 Å². The van der Waals surface area contributed by atoms with Gasteiger partial charge in [0.25, 0.3) is 0 Å². The average Bonchev–Trinajstić information content (AvgIpc) is 3.13. The minimum absolute atomic E-state index is 0.0364. The highest BCUT2D eigenvalue weighted by molar-refractivity contribution is 5.74. The van der Waals surface area contributed by atoms with Crippen LogP contribution in [0.15, 0.2) is 47.1 Å². The largest absolute Gasteiger partial charge is 0.496 e. The molecule has 0 radical (unpaired) electrons. The smallest absolute Gasteiger partial charge is 0.315 e. The minimum Gasteiger partial charge on any atom is -0.496 e. The topological polar surface area (TPSA) is 83.7 Å². The number of carbonyl (C=O) groups is 1. The van der Waals surface area contributed by atoms with Gasteiger partial charge in [-0.05, 0) is 31.5 Å². The highest BCUT2D eigenvalue weighted by atomic mass is 16.5. The van der Waals surface area contributed by atoms with Crippen molar-refractivity contribution in [2.45, 2.75) is 31.9 Å². The van der Waals surface area contributed by atoms with Crippen LogP contribution in [-0.4, -0.2) is 24.8 Å². The van der Waals surface area contributed by atoms with Crippen LogP contribution in [-0.2, 0) is 5.60 Å². The number of carbonyl (C=O) groups excluding carboxylic acids is 1. The number of para-hydroxylation sites is 1. The van der Waals surface area contributed by atoms with Crippen molar-refractivity contribution in [1.29, 1.82) is 0 Å². The van der Waals surface area contributed by atoms with Crippen molar-refractivity contribution in [2.75, 3.05) is 13.7 Å². The molecule has 2 rings (SSSR count). The molecular weight excluding hydrogens is 308 g/mol. The summed E-state index contributed by atoms with van der Waals surface area (Å²) in [6, 6.07) is 10.4. The summed E-state index contributed by atoms with van der Waals surface area (Å²) >= 11 is 0. The highest BCUT2D eigenvalue weighted by Gasteiger charge is 2.27. The predicted molar refractivity (Wildman–Crippen MR) is 90.8 cm³/mol. The lowest BCUT2D eigenvalue weighted by Crippen LogP contribution is -2.44. The maximum Gasteiger partial charge on any atom is 0.315 e. The van der Waals surface area contributed by atoms with Gasteiger partial charge in [0.1, 0.15) is 17.1 Å². The lowest BCUT2D eigenvalue weighted by Gasteiger charge is -2.24. The second-order valence-corrected chi connectivity index (χ2v) is 5.78. The van der Waals surface area contributed by atoms with Gasteiger partial charge in [-0.25, -0.2) is 4.79 Å². The van der Waals surface area contributed by atoms with E-state index in [4.69, 9.17) is 9.15 Å². The summed E-state index contributed by atoms with van der Waals surface area (Å²) in [5.41, 5.74) is -0.358. The Morgan fingerprint density at radius 1 is 1.33 bits per heavy atom. The molecule has 1 aromatic carbocycles. The highest BCUT2D eigenvalue weighted by Crippen LogP contribution is 2.26. The van der Waals surface area contributed by atoms with E-state index < -0.39 is 5.60 Å². The molecule has 0 unspecified atom stereocenters. The Hall–Kier alpha value is -2.47. The van der Waals surface area contributed by atoms with Gasteiger partial charge < -0.3 is 24.9 Å². The molecule has 0 aliphatic rings. The molecule has 0 saturated heterocycles. The van der Waals surface area contributed by atoms with E-state index in [1.165, 1.54) is 6.26 Å². The van der Waals surface area contributed by atoms with Gasteiger partial charge in [0, 0.05) is 5.56 Å². The zero-order valence-electron chi connectivity index (χ0n) is 14.2. The fourth-order valence-corrected chi connectivity index (χ4v) is 2.49. The molecule has 0 spiro atoms. The molecule has 1 heterocycles. The summed E-state index contributed by atoms with van der Waals surface area (Å²) in [5.74, 6) is 1.13. The number of hydrogen-bond acceptors (Lipinski definition) is 4. The first-order chi connectivity index (χ1) is 11.5. The molecule has 6 heteroatoms. The quantitative estimate of drug-likeness (QED) is 0.728. The maximum absolute atomic E-state index is 12.2. The first-order valence-corrected chi connectivity index (χ1v) is 7.91. The number of nitrogens with one attached hydrogen (secondary N) is 2. The zero-order chi connectivity index (χ0) is 17.6. The molecule has 0 aliphatic carbocycles. The second kappa shape index (κ2) is 7.88. The second-order valence-electron chi connectivity index (χ2n) is 5.78. The lowest BCUT2D eigenvalue weighted by molar-refractivity contribution is 0.0366. The summed E-state index contributed by atoms with van der Waals surface area (Å²) in [7, 11) is 1.60. The Morgan fingerprint density at radius 3 is 2.71 bits per heavy atom. The van der Waals surface area contributed by atoms with Gasteiger partial charge >= 0.3 is 6.03 Å². The minimum atomic E-state index is -1.27. The third-order valence-electron chi connectivity index (χ3n) is 3.87. The van der Waals surface area contributed by atoms with Crippen molar-refractivity contribution in [1.82, 2.24) is 10.6 Å². The number of ether oxygens (including phenoxy) is 1. The molecular formula is C18H24N2O4. The van der Waals surface area contributed by atoms with E-state index in [0.717, 1.165) is 11.3 Å². The summed E-state index contributed by atoms with van der Waals surface area (Å²) in [6.45, 7) is 3.61. The number of aliphatic hydroxyl groups is 1. The zero-order valence-corrected chi connectivity index (χ0v) is 14.2. The normalized spacial score (nSPS) is 14.5. The van der Waals surface area contributed by atoms with E-state index in [0.29, 0.717) is 12.2 Å². The number of hydrogen-bond donors (Lipinski definition) is 3. The van der Waals surface area contributed by atoms with E-state index in [1.54, 1.807) is 26.2 Å². The molecule has 0 aliphatic heterocycles. The van der Waals surface area contributed by atoms with Gasteiger partial charge in [-0.3, -0.25) is 0 Å². The van der Waals surface area contributed by atoms with Crippen molar-refractivity contribution < 1.29 is 19.1 Å².